The number of anilines is 1. The van der Waals surface area contributed by atoms with Crippen LogP contribution in [-0.2, 0) is 4.79 Å². The van der Waals surface area contributed by atoms with Gasteiger partial charge in [-0.05, 0) is 18.6 Å². The Hall–Kier alpha value is -2.28. The summed E-state index contributed by atoms with van der Waals surface area (Å²) in [6.45, 7) is 2.09. The van der Waals surface area contributed by atoms with Crippen LogP contribution in [0.3, 0.4) is 0 Å². The predicted molar refractivity (Wildman–Crippen MR) is 87.0 cm³/mol. The molecule has 1 heterocycles. The van der Waals surface area contributed by atoms with Crippen molar-refractivity contribution < 1.29 is 9.72 Å². The molecule has 1 amide bonds. The van der Waals surface area contributed by atoms with Gasteiger partial charge in [0.15, 0.2) is 5.13 Å². The molecule has 0 fully saturated rings. The van der Waals surface area contributed by atoms with Gasteiger partial charge in [-0.2, -0.15) is 0 Å². The molecule has 1 aromatic heterocycles. The molecule has 6 nitrogen and oxygen atoms in total. The molecule has 0 aliphatic carbocycles. The van der Waals surface area contributed by atoms with E-state index in [4.69, 9.17) is 0 Å². The molecule has 0 unspecified atom stereocenters. The molecule has 0 bridgehead atoms. The Morgan fingerprint density at radius 1 is 1.32 bits per heavy atom. The Bertz CT molecular complexity index is 652. The zero-order chi connectivity index (χ0) is 15.9. The quantitative estimate of drug-likeness (QED) is 0.470. The molecule has 0 atom stereocenters. The average molecular weight is 319 g/mol. The molecule has 0 aliphatic heterocycles. The number of thiazole rings is 1. The van der Waals surface area contributed by atoms with E-state index in [-0.39, 0.29) is 11.6 Å². The van der Waals surface area contributed by atoms with Gasteiger partial charge in [0.05, 0.1) is 10.6 Å². The summed E-state index contributed by atoms with van der Waals surface area (Å²) < 4.78 is 0. The fourth-order valence-electron chi connectivity index (χ4n) is 1.93. The summed E-state index contributed by atoms with van der Waals surface area (Å²) in [4.78, 5) is 26.3. The summed E-state index contributed by atoms with van der Waals surface area (Å²) in [6.07, 6.45) is 3.50. The predicted octanol–water partition coefficient (Wildman–Crippen LogP) is 4.24. The Balaban J connectivity index is 1.98. The number of rotatable bonds is 7. The van der Waals surface area contributed by atoms with Crippen LogP contribution >= 0.6 is 11.3 Å². The lowest BCUT2D eigenvalue weighted by Crippen LogP contribution is -2.10. The van der Waals surface area contributed by atoms with E-state index in [9.17, 15) is 14.9 Å². The number of benzene rings is 1. The van der Waals surface area contributed by atoms with E-state index in [2.05, 4.69) is 17.2 Å². The number of nitrogens with one attached hydrogen (secondary N) is 1. The minimum atomic E-state index is -0.438. The van der Waals surface area contributed by atoms with Crippen molar-refractivity contribution in [3.63, 3.8) is 0 Å². The second kappa shape index (κ2) is 7.65. The first-order valence-corrected chi connectivity index (χ1v) is 7.98. The van der Waals surface area contributed by atoms with Crippen LogP contribution in [0.1, 0.15) is 32.6 Å². The summed E-state index contributed by atoms with van der Waals surface area (Å²) in [6, 6.07) is 6.19. The number of hydrogen-bond acceptors (Lipinski definition) is 5. The lowest BCUT2D eigenvalue weighted by atomic mass is 10.1. The molecule has 0 aliphatic rings. The topological polar surface area (TPSA) is 85.1 Å². The number of unbranched alkanes of at least 4 members (excludes halogenated alkanes) is 2. The molecule has 0 saturated heterocycles. The first-order chi connectivity index (χ1) is 10.6. The van der Waals surface area contributed by atoms with E-state index in [0.717, 1.165) is 24.8 Å². The maximum Gasteiger partial charge on any atom is 0.269 e. The molecule has 7 heteroatoms. The van der Waals surface area contributed by atoms with Crippen LogP contribution < -0.4 is 5.32 Å². The van der Waals surface area contributed by atoms with Crippen LogP contribution in [0.4, 0.5) is 10.8 Å². The molecule has 2 aromatic rings. The van der Waals surface area contributed by atoms with E-state index in [0.29, 0.717) is 17.2 Å². The number of carbonyl (C=O) groups excluding carboxylic acids is 1. The normalized spacial score (nSPS) is 10.4. The number of nitro benzene ring substituents is 1. The molecule has 1 N–H and O–H groups in total. The molecular weight excluding hydrogens is 302 g/mol. The summed E-state index contributed by atoms with van der Waals surface area (Å²) >= 11 is 1.35. The van der Waals surface area contributed by atoms with Gasteiger partial charge in [-0.15, -0.1) is 11.3 Å². The average Bonchev–Trinajstić information content (AvgIpc) is 2.96. The van der Waals surface area contributed by atoms with Crippen LogP contribution in [0.15, 0.2) is 29.6 Å². The monoisotopic (exact) mass is 319 g/mol. The first kappa shape index (κ1) is 16.1. The molecule has 0 saturated carbocycles. The number of hydrogen-bond donors (Lipinski definition) is 1. The molecule has 0 spiro atoms. The Morgan fingerprint density at radius 3 is 2.68 bits per heavy atom. The van der Waals surface area contributed by atoms with Crippen molar-refractivity contribution in [2.45, 2.75) is 32.6 Å². The Kier molecular flexibility index (Phi) is 5.60. The SMILES string of the molecule is CCCCCC(=O)Nc1nc(-c2ccc([N+](=O)[O-])cc2)cs1. The van der Waals surface area contributed by atoms with E-state index in [1.54, 1.807) is 12.1 Å². The van der Waals surface area contributed by atoms with Crippen molar-refractivity contribution in [1.29, 1.82) is 0 Å². The number of carbonyl (C=O) groups is 1. The van der Waals surface area contributed by atoms with E-state index < -0.39 is 4.92 Å². The first-order valence-electron chi connectivity index (χ1n) is 7.10. The van der Waals surface area contributed by atoms with Crippen molar-refractivity contribution >= 4 is 28.1 Å². The van der Waals surface area contributed by atoms with Gasteiger partial charge in [-0.25, -0.2) is 4.98 Å². The summed E-state index contributed by atoms with van der Waals surface area (Å²) in [5, 5.41) is 15.8. The van der Waals surface area contributed by atoms with Gasteiger partial charge in [0, 0.05) is 29.5 Å². The molecule has 1 aromatic carbocycles. The minimum absolute atomic E-state index is 0.0296. The second-order valence-corrected chi connectivity index (χ2v) is 5.71. The standard InChI is InChI=1S/C15H17N3O3S/c1-2-3-4-5-14(19)17-15-16-13(10-22-15)11-6-8-12(9-7-11)18(20)21/h6-10H,2-5H2,1H3,(H,16,17,19). The van der Waals surface area contributed by atoms with Crippen LogP contribution in [0.2, 0.25) is 0 Å². The number of nitro groups is 1. The molecule has 116 valence electrons. The smallest absolute Gasteiger partial charge is 0.269 e. The molecular formula is C15H17N3O3S. The van der Waals surface area contributed by atoms with Crippen molar-refractivity contribution in [2.24, 2.45) is 0 Å². The van der Waals surface area contributed by atoms with E-state index in [1.807, 2.05) is 5.38 Å². The van der Waals surface area contributed by atoms with Gasteiger partial charge in [0.25, 0.3) is 5.69 Å². The number of non-ortho nitro benzene ring substituents is 1. The maximum atomic E-state index is 11.7. The third-order valence-electron chi connectivity index (χ3n) is 3.13. The van der Waals surface area contributed by atoms with Gasteiger partial charge < -0.3 is 5.32 Å². The lowest BCUT2D eigenvalue weighted by Gasteiger charge is -2.00. The Labute approximate surface area is 132 Å². The number of aromatic nitrogens is 1. The Morgan fingerprint density at radius 2 is 2.05 bits per heavy atom. The van der Waals surface area contributed by atoms with Gasteiger partial charge in [0.1, 0.15) is 0 Å². The highest BCUT2D eigenvalue weighted by molar-refractivity contribution is 7.14. The van der Waals surface area contributed by atoms with Crippen LogP contribution in [-0.4, -0.2) is 15.8 Å². The van der Waals surface area contributed by atoms with Crippen molar-refractivity contribution in [3.05, 3.63) is 39.8 Å². The third-order valence-corrected chi connectivity index (χ3v) is 3.89. The highest BCUT2D eigenvalue weighted by Gasteiger charge is 2.10. The highest BCUT2D eigenvalue weighted by Crippen LogP contribution is 2.26. The second-order valence-electron chi connectivity index (χ2n) is 4.85. The summed E-state index contributed by atoms with van der Waals surface area (Å²) in [5.41, 5.74) is 1.53. The highest BCUT2D eigenvalue weighted by atomic mass is 32.1. The van der Waals surface area contributed by atoms with E-state index in [1.165, 1.54) is 23.5 Å². The number of nitrogens with zero attached hydrogens (tertiary/aromatic N) is 2. The van der Waals surface area contributed by atoms with Gasteiger partial charge in [-0.1, -0.05) is 19.8 Å². The zero-order valence-corrected chi connectivity index (χ0v) is 13.1. The fourth-order valence-corrected chi connectivity index (χ4v) is 2.67. The summed E-state index contributed by atoms with van der Waals surface area (Å²) in [7, 11) is 0. The summed E-state index contributed by atoms with van der Waals surface area (Å²) in [5.74, 6) is -0.0296. The van der Waals surface area contributed by atoms with Crippen molar-refractivity contribution in [3.8, 4) is 11.3 Å². The van der Waals surface area contributed by atoms with Crippen LogP contribution in [0, 0.1) is 10.1 Å². The lowest BCUT2D eigenvalue weighted by molar-refractivity contribution is -0.384. The molecule has 2 rings (SSSR count). The molecule has 0 radical (unpaired) electrons. The molecule has 22 heavy (non-hydrogen) atoms. The minimum Gasteiger partial charge on any atom is -0.302 e. The van der Waals surface area contributed by atoms with Gasteiger partial charge in [-0.3, -0.25) is 14.9 Å². The van der Waals surface area contributed by atoms with Gasteiger partial charge in [0.2, 0.25) is 5.91 Å². The van der Waals surface area contributed by atoms with E-state index >= 15 is 0 Å². The number of amides is 1. The maximum absolute atomic E-state index is 11.7. The fraction of sp³-hybridized carbons (Fsp3) is 0.333. The largest absolute Gasteiger partial charge is 0.302 e. The third kappa shape index (κ3) is 4.36. The van der Waals surface area contributed by atoms with Crippen molar-refractivity contribution in [1.82, 2.24) is 4.98 Å². The zero-order valence-electron chi connectivity index (χ0n) is 12.2. The van der Waals surface area contributed by atoms with Crippen molar-refractivity contribution in [2.75, 3.05) is 5.32 Å². The van der Waals surface area contributed by atoms with Crippen LogP contribution in [0.25, 0.3) is 11.3 Å². The van der Waals surface area contributed by atoms with Gasteiger partial charge >= 0.3 is 0 Å². The van der Waals surface area contributed by atoms with Crippen LogP contribution in [0.5, 0.6) is 0 Å².